The highest BCUT2D eigenvalue weighted by Gasteiger charge is 2.32. The van der Waals surface area contributed by atoms with E-state index in [9.17, 15) is 18.0 Å². The molecule has 4 rings (SSSR count). The number of aromatic nitrogens is 5. The van der Waals surface area contributed by atoms with Gasteiger partial charge in [0, 0.05) is 22.3 Å². The second kappa shape index (κ2) is 9.80. The van der Waals surface area contributed by atoms with Gasteiger partial charge in [-0.3, -0.25) is 4.98 Å². The number of unbranched alkanes of at least 4 members (excludes halogenated alkanes) is 2. The predicted molar refractivity (Wildman–Crippen MR) is 125 cm³/mol. The van der Waals surface area contributed by atoms with Gasteiger partial charge in [-0.1, -0.05) is 61.7 Å². The molecular weight excluding hydrogens is 467 g/mol. The van der Waals surface area contributed by atoms with Crippen LogP contribution in [0, 0.1) is 0 Å². The number of halogens is 4. The maximum Gasteiger partial charge on any atom is 0.433 e. The number of alkyl halides is 3. The molecule has 1 aromatic carbocycles. The first kappa shape index (κ1) is 23.7. The molecule has 176 valence electrons. The van der Waals surface area contributed by atoms with E-state index in [-0.39, 0.29) is 6.54 Å². The molecule has 0 bridgehead atoms. The smallest absolute Gasteiger partial charge is 0.251 e. The van der Waals surface area contributed by atoms with Crippen molar-refractivity contribution in [1.29, 1.82) is 0 Å². The minimum Gasteiger partial charge on any atom is -0.251 e. The van der Waals surface area contributed by atoms with Crippen LogP contribution in [0.25, 0.3) is 22.9 Å². The van der Waals surface area contributed by atoms with Crippen molar-refractivity contribution in [2.75, 3.05) is 0 Å². The zero-order valence-corrected chi connectivity index (χ0v) is 19.0. The fraction of sp³-hybridized carbons (Fsp3) is 0.250. The summed E-state index contributed by atoms with van der Waals surface area (Å²) in [5.74, 6) is 0. The molecule has 0 saturated carbocycles. The van der Waals surface area contributed by atoms with Gasteiger partial charge in [0.05, 0.1) is 12.7 Å². The number of nitrogens with zero attached hydrogens (tertiary/aromatic N) is 5. The van der Waals surface area contributed by atoms with Crippen molar-refractivity contribution in [2.24, 2.45) is 0 Å². The third kappa shape index (κ3) is 5.04. The molecule has 3 heterocycles. The molecule has 0 spiro atoms. The molecule has 10 heteroatoms. The van der Waals surface area contributed by atoms with Crippen LogP contribution in [0.2, 0.25) is 5.02 Å². The summed E-state index contributed by atoms with van der Waals surface area (Å²) in [5.41, 5.74) is 1.55. The number of rotatable bonds is 7. The van der Waals surface area contributed by atoms with Gasteiger partial charge in [0.2, 0.25) is 0 Å². The molecule has 0 aliphatic carbocycles. The summed E-state index contributed by atoms with van der Waals surface area (Å²) in [6.45, 7) is 2.07. The Hall–Kier alpha value is -3.46. The number of benzene rings is 1. The van der Waals surface area contributed by atoms with Gasteiger partial charge in [-0.05, 0) is 35.7 Å². The molecule has 0 fully saturated rings. The van der Waals surface area contributed by atoms with E-state index in [0.29, 0.717) is 21.8 Å². The van der Waals surface area contributed by atoms with Gasteiger partial charge in [0.1, 0.15) is 5.69 Å². The molecule has 0 amide bonds. The Kier molecular flexibility index (Phi) is 6.83. The van der Waals surface area contributed by atoms with Crippen LogP contribution >= 0.6 is 11.6 Å². The third-order valence-electron chi connectivity index (χ3n) is 5.24. The zero-order chi connectivity index (χ0) is 24.3. The van der Waals surface area contributed by atoms with E-state index in [2.05, 4.69) is 28.2 Å². The van der Waals surface area contributed by atoms with E-state index in [1.165, 1.54) is 10.6 Å². The first-order valence-electron chi connectivity index (χ1n) is 10.7. The Balaban J connectivity index is 1.78. The number of allylic oxidation sites excluding steroid dienone is 1. The highest BCUT2D eigenvalue weighted by molar-refractivity contribution is 6.30. The predicted octanol–water partition coefficient (Wildman–Crippen LogP) is 5.88. The Labute approximate surface area is 198 Å². The zero-order valence-electron chi connectivity index (χ0n) is 18.3. The molecule has 6 nitrogen and oxygen atoms in total. The topological polar surface area (TPSA) is 65.1 Å². The summed E-state index contributed by atoms with van der Waals surface area (Å²) in [5, 5.41) is 9.32. The van der Waals surface area contributed by atoms with Crippen molar-refractivity contribution < 1.29 is 13.2 Å². The number of fused-ring (bicyclic) bond motifs is 1. The monoisotopic (exact) mass is 487 g/mol. The average molecular weight is 488 g/mol. The summed E-state index contributed by atoms with van der Waals surface area (Å²) < 4.78 is 40.7. The highest BCUT2D eigenvalue weighted by atomic mass is 35.5. The van der Waals surface area contributed by atoms with Crippen molar-refractivity contribution in [1.82, 2.24) is 24.4 Å². The second-order valence-corrected chi connectivity index (χ2v) is 8.19. The van der Waals surface area contributed by atoms with Crippen LogP contribution in [-0.4, -0.2) is 24.4 Å². The van der Waals surface area contributed by atoms with Gasteiger partial charge in [-0.15, -0.1) is 5.10 Å². The summed E-state index contributed by atoms with van der Waals surface area (Å²) in [7, 11) is 0. The largest absolute Gasteiger partial charge is 0.433 e. The molecule has 0 radical (unpaired) electrons. The summed E-state index contributed by atoms with van der Waals surface area (Å²) >= 11 is 6.06. The van der Waals surface area contributed by atoms with Gasteiger partial charge in [0.25, 0.3) is 0 Å². The first-order valence-corrected chi connectivity index (χ1v) is 11.1. The third-order valence-corrected chi connectivity index (χ3v) is 5.50. The minimum atomic E-state index is -4.53. The molecule has 0 atom stereocenters. The molecule has 0 unspecified atom stereocenters. The molecule has 34 heavy (non-hydrogen) atoms. The van der Waals surface area contributed by atoms with E-state index in [1.807, 2.05) is 18.2 Å². The second-order valence-electron chi connectivity index (χ2n) is 7.75. The van der Waals surface area contributed by atoms with E-state index in [0.717, 1.165) is 47.3 Å². The number of hydrogen-bond acceptors (Lipinski definition) is 4. The van der Waals surface area contributed by atoms with Gasteiger partial charge < -0.3 is 0 Å². The summed E-state index contributed by atoms with van der Waals surface area (Å²) in [6.07, 6.45) is 5.21. The van der Waals surface area contributed by atoms with Gasteiger partial charge >= 0.3 is 11.9 Å². The SMILES string of the molecule is CCCCC=Cc1cnn2c(=O)n(Cc3ccc(C(F)(F)F)nc3)nc2c1-c1ccc(Cl)cc1. The summed E-state index contributed by atoms with van der Waals surface area (Å²) in [4.78, 5) is 16.4. The molecule has 0 N–H and O–H groups in total. The lowest BCUT2D eigenvalue weighted by molar-refractivity contribution is -0.141. The Morgan fingerprint density at radius 2 is 1.85 bits per heavy atom. The van der Waals surface area contributed by atoms with E-state index in [4.69, 9.17) is 11.6 Å². The molecule has 0 saturated heterocycles. The van der Waals surface area contributed by atoms with Crippen molar-refractivity contribution in [3.63, 3.8) is 0 Å². The standard InChI is InChI=1S/C24H21ClF3N5O/c1-2-3-4-5-6-18-14-30-33-22(21(18)17-8-10-19(25)11-9-17)31-32(23(33)34)15-16-7-12-20(29-13-16)24(26,27)28/h5-14H,2-4,15H2,1H3. The molecule has 0 aliphatic rings. The lowest BCUT2D eigenvalue weighted by Crippen LogP contribution is -2.23. The Bertz CT molecular complexity index is 1370. The van der Waals surface area contributed by atoms with Gasteiger partial charge in [0.15, 0.2) is 5.65 Å². The van der Waals surface area contributed by atoms with E-state index < -0.39 is 17.6 Å². The fourth-order valence-corrected chi connectivity index (χ4v) is 3.63. The van der Waals surface area contributed by atoms with Crippen LogP contribution in [0.4, 0.5) is 13.2 Å². The van der Waals surface area contributed by atoms with Gasteiger partial charge in [-0.2, -0.15) is 22.8 Å². The van der Waals surface area contributed by atoms with Gasteiger partial charge in [-0.25, -0.2) is 9.48 Å². The van der Waals surface area contributed by atoms with Crippen molar-refractivity contribution in [3.8, 4) is 11.1 Å². The average Bonchev–Trinajstić information content (AvgIpc) is 3.12. The number of pyridine rings is 1. The van der Waals surface area contributed by atoms with E-state index >= 15 is 0 Å². The lowest BCUT2D eigenvalue weighted by atomic mass is 10.0. The molecule has 3 aromatic heterocycles. The van der Waals surface area contributed by atoms with Crippen molar-refractivity contribution >= 4 is 23.3 Å². The lowest BCUT2D eigenvalue weighted by Gasteiger charge is -2.07. The van der Waals surface area contributed by atoms with Crippen LogP contribution in [-0.2, 0) is 12.7 Å². The van der Waals surface area contributed by atoms with Crippen LogP contribution in [0.1, 0.15) is 43.0 Å². The van der Waals surface area contributed by atoms with Crippen molar-refractivity contribution in [3.05, 3.63) is 87.2 Å². The summed E-state index contributed by atoms with van der Waals surface area (Å²) in [6, 6.07) is 9.34. The minimum absolute atomic E-state index is 0.0466. The van der Waals surface area contributed by atoms with E-state index in [1.54, 1.807) is 18.3 Å². The van der Waals surface area contributed by atoms with Crippen LogP contribution in [0.5, 0.6) is 0 Å². The maximum absolute atomic E-state index is 13.0. The van der Waals surface area contributed by atoms with Crippen molar-refractivity contribution in [2.45, 2.75) is 38.9 Å². The van der Waals surface area contributed by atoms with Crippen LogP contribution in [0.15, 0.2) is 59.7 Å². The van der Waals surface area contributed by atoms with Crippen LogP contribution in [0.3, 0.4) is 0 Å². The molecular formula is C24H21ClF3N5O. The normalized spacial score (nSPS) is 12.1. The first-order chi connectivity index (χ1) is 16.3. The Morgan fingerprint density at radius 3 is 2.50 bits per heavy atom. The maximum atomic E-state index is 13.0. The Morgan fingerprint density at radius 1 is 1.09 bits per heavy atom. The highest BCUT2D eigenvalue weighted by Crippen LogP contribution is 2.29. The molecule has 0 aliphatic heterocycles. The quantitative estimate of drug-likeness (QED) is 0.305. The number of hydrogen-bond donors (Lipinski definition) is 0. The fourth-order valence-electron chi connectivity index (χ4n) is 3.51. The molecule has 4 aromatic rings. The van der Waals surface area contributed by atoms with Crippen LogP contribution < -0.4 is 5.69 Å².